The van der Waals surface area contributed by atoms with Crippen molar-refractivity contribution in [3.8, 4) is 0 Å². The van der Waals surface area contributed by atoms with Crippen LogP contribution in [0.25, 0.3) is 0 Å². The van der Waals surface area contributed by atoms with Crippen LogP contribution in [0.4, 0.5) is 0 Å². The fourth-order valence-corrected chi connectivity index (χ4v) is 1.88. The van der Waals surface area contributed by atoms with Gasteiger partial charge in [-0.25, -0.2) is 5.84 Å². The number of hydrogen-bond acceptors (Lipinski definition) is 5. The number of rotatable bonds is 6. The summed E-state index contributed by atoms with van der Waals surface area (Å²) in [4.78, 5) is 11.1. The first-order valence-corrected chi connectivity index (χ1v) is 5.79. The largest absolute Gasteiger partial charge is 0.468 e. The van der Waals surface area contributed by atoms with Crippen molar-refractivity contribution in [1.29, 1.82) is 0 Å². The first-order chi connectivity index (χ1) is 7.27. The summed E-state index contributed by atoms with van der Waals surface area (Å²) < 4.78 is 5.20. The van der Waals surface area contributed by atoms with E-state index in [4.69, 9.17) is 16.0 Å². The maximum absolute atomic E-state index is 11.1. The number of nitrogen functional groups attached to an aromatic ring is 1. The fourth-order valence-electron chi connectivity index (χ4n) is 1.02. The Morgan fingerprint density at radius 2 is 2.40 bits per heavy atom. The number of nitrogens with two attached hydrogens (primary N) is 2. The molecule has 1 heterocycles. The molecule has 5 N–H and O–H groups in total. The Hall–Kier alpha value is -0.980. The Morgan fingerprint density at radius 1 is 1.60 bits per heavy atom. The van der Waals surface area contributed by atoms with E-state index in [0.29, 0.717) is 12.1 Å². The van der Waals surface area contributed by atoms with Gasteiger partial charge in [0.05, 0.1) is 11.3 Å². The van der Waals surface area contributed by atoms with Crippen molar-refractivity contribution in [2.75, 3.05) is 12.3 Å². The first kappa shape index (κ1) is 12.1. The summed E-state index contributed by atoms with van der Waals surface area (Å²) >= 11 is 1.73. The van der Waals surface area contributed by atoms with E-state index in [2.05, 4.69) is 0 Å². The molecule has 1 rings (SSSR count). The van der Waals surface area contributed by atoms with Gasteiger partial charge in [-0.2, -0.15) is 11.8 Å². The van der Waals surface area contributed by atoms with Crippen LogP contribution in [0.3, 0.4) is 0 Å². The first-order valence-electron chi connectivity index (χ1n) is 4.64. The summed E-state index contributed by atoms with van der Waals surface area (Å²) in [6.45, 7) is 0.700. The van der Waals surface area contributed by atoms with Gasteiger partial charge in [0.2, 0.25) is 0 Å². The minimum Gasteiger partial charge on any atom is -0.468 e. The zero-order valence-corrected chi connectivity index (χ0v) is 9.18. The van der Waals surface area contributed by atoms with Gasteiger partial charge in [-0.05, 0) is 24.8 Å². The van der Waals surface area contributed by atoms with E-state index in [1.54, 1.807) is 17.8 Å². The molecule has 84 valence electrons. The van der Waals surface area contributed by atoms with Crippen LogP contribution in [-0.4, -0.2) is 18.2 Å². The van der Waals surface area contributed by atoms with Crippen LogP contribution in [0.15, 0.2) is 16.7 Å². The van der Waals surface area contributed by atoms with Crippen LogP contribution in [-0.2, 0) is 5.75 Å². The number of hydrogen-bond donors (Lipinski definition) is 3. The molecule has 0 saturated carbocycles. The molecule has 0 aliphatic carbocycles. The molecule has 6 heteroatoms. The predicted octanol–water partition coefficient (Wildman–Crippen LogP) is 0.465. The van der Waals surface area contributed by atoms with Gasteiger partial charge < -0.3 is 10.2 Å². The molecule has 0 spiro atoms. The SMILES string of the molecule is NCCCSCc1cc(C(=O)NN)co1. The van der Waals surface area contributed by atoms with Gasteiger partial charge in [-0.15, -0.1) is 0 Å². The molecule has 0 saturated heterocycles. The van der Waals surface area contributed by atoms with Crippen molar-refractivity contribution >= 4 is 17.7 Å². The molecule has 1 aromatic heterocycles. The molecular formula is C9H15N3O2S. The Kier molecular flexibility index (Phi) is 5.23. The van der Waals surface area contributed by atoms with E-state index >= 15 is 0 Å². The lowest BCUT2D eigenvalue weighted by atomic mass is 10.3. The Balaban J connectivity index is 2.36. The number of carbonyl (C=O) groups is 1. The molecule has 0 bridgehead atoms. The summed E-state index contributed by atoms with van der Waals surface area (Å²) in [5.41, 5.74) is 7.87. The van der Waals surface area contributed by atoms with Gasteiger partial charge in [-0.3, -0.25) is 10.2 Å². The smallest absolute Gasteiger partial charge is 0.268 e. The third kappa shape index (κ3) is 3.94. The van der Waals surface area contributed by atoms with E-state index < -0.39 is 0 Å². The fraction of sp³-hybridized carbons (Fsp3) is 0.444. The summed E-state index contributed by atoms with van der Waals surface area (Å²) in [6.07, 6.45) is 2.39. The quantitative estimate of drug-likeness (QED) is 0.285. The molecule has 1 amide bonds. The van der Waals surface area contributed by atoms with Gasteiger partial charge in [0.1, 0.15) is 12.0 Å². The average Bonchev–Trinajstić information content (AvgIpc) is 2.72. The highest BCUT2D eigenvalue weighted by atomic mass is 32.2. The summed E-state index contributed by atoms with van der Waals surface area (Å²) in [5.74, 6) is 7.17. The predicted molar refractivity (Wildman–Crippen MR) is 60.2 cm³/mol. The van der Waals surface area contributed by atoms with Gasteiger partial charge in [0.15, 0.2) is 0 Å². The van der Waals surface area contributed by atoms with Crippen molar-refractivity contribution in [1.82, 2.24) is 5.43 Å². The second-order valence-electron chi connectivity index (χ2n) is 2.97. The van der Waals surface area contributed by atoms with Crippen LogP contribution in [0.2, 0.25) is 0 Å². The molecule has 0 radical (unpaired) electrons. The lowest BCUT2D eigenvalue weighted by molar-refractivity contribution is 0.0953. The van der Waals surface area contributed by atoms with Crippen LogP contribution in [0.5, 0.6) is 0 Å². The standard InChI is InChI=1S/C9H15N3O2S/c10-2-1-3-15-6-8-4-7(5-14-8)9(13)12-11/h4-5H,1-3,6,10-11H2,(H,12,13). The van der Waals surface area contributed by atoms with Gasteiger partial charge in [-0.1, -0.05) is 0 Å². The molecular weight excluding hydrogens is 214 g/mol. The number of amides is 1. The van der Waals surface area contributed by atoms with Crippen LogP contribution >= 0.6 is 11.8 Å². The normalized spacial score (nSPS) is 10.3. The summed E-state index contributed by atoms with van der Waals surface area (Å²) in [7, 11) is 0. The molecule has 5 nitrogen and oxygen atoms in total. The molecule has 0 unspecified atom stereocenters. The highest BCUT2D eigenvalue weighted by Crippen LogP contribution is 2.15. The van der Waals surface area contributed by atoms with E-state index in [1.807, 2.05) is 5.43 Å². The Morgan fingerprint density at radius 3 is 3.07 bits per heavy atom. The number of carbonyl (C=O) groups excluding carboxylic acids is 1. The molecule has 0 aliphatic rings. The lowest BCUT2D eigenvalue weighted by Crippen LogP contribution is -2.29. The van der Waals surface area contributed by atoms with Crippen LogP contribution in [0.1, 0.15) is 22.5 Å². The third-order valence-electron chi connectivity index (χ3n) is 1.78. The van der Waals surface area contributed by atoms with E-state index in [1.165, 1.54) is 6.26 Å². The van der Waals surface area contributed by atoms with Gasteiger partial charge in [0.25, 0.3) is 5.91 Å². The zero-order chi connectivity index (χ0) is 11.1. The molecule has 15 heavy (non-hydrogen) atoms. The summed E-state index contributed by atoms with van der Waals surface area (Å²) in [6, 6.07) is 1.69. The van der Waals surface area contributed by atoms with Gasteiger partial charge in [0, 0.05) is 0 Å². The highest BCUT2D eigenvalue weighted by molar-refractivity contribution is 7.98. The zero-order valence-electron chi connectivity index (χ0n) is 8.36. The van der Waals surface area contributed by atoms with E-state index in [9.17, 15) is 4.79 Å². The van der Waals surface area contributed by atoms with Crippen molar-refractivity contribution in [3.63, 3.8) is 0 Å². The monoisotopic (exact) mass is 229 g/mol. The van der Waals surface area contributed by atoms with Crippen molar-refractivity contribution in [2.45, 2.75) is 12.2 Å². The molecule has 0 aromatic carbocycles. The number of nitrogens with one attached hydrogen (secondary N) is 1. The highest BCUT2D eigenvalue weighted by Gasteiger charge is 2.08. The van der Waals surface area contributed by atoms with Crippen molar-refractivity contribution in [2.24, 2.45) is 11.6 Å². The average molecular weight is 229 g/mol. The molecule has 0 atom stereocenters. The second kappa shape index (κ2) is 6.49. The molecule has 0 aliphatic heterocycles. The summed E-state index contributed by atoms with van der Waals surface area (Å²) in [5, 5.41) is 0. The van der Waals surface area contributed by atoms with Crippen LogP contribution in [0, 0.1) is 0 Å². The second-order valence-corrected chi connectivity index (χ2v) is 4.08. The minimum atomic E-state index is -0.336. The third-order valence-corrected chi connectivity index (χ3v) is 2.85. The van der Waals surface area contributed by atoms with Crippen LogP contribution < -0.4 is 17.0 Å². The maximum atomic E-state index is 11.1. The molecule has 0 fully saturated rings. The lowest BCUT2D eigenvalue weighted by Gasteiger charge is -1.96. The van der Waals surface area contributed by atoms with Crippen molar-refractivity contribution in [3.05, 3.63) is 23.7 Å². The van der Waals surface area contributed by atoms with E-state index in [-0.39, 0.29) is 5.91 Å². The van der Waals surface area contributed by atoms with Crippen molar-refractivity contribution < 1.29 is 9.21 Å². The molecule has 1 aromatic rings. The Labute approximate surface area is 92.5 Å². The maximum Gasteiger partial charge on any atom is 0.268 e. The minimum absolute atomic E-state index is 0.336. The number of hydrazine groups is 1. The van der Waals surface area contributed by atoms with Gasteiger partial charge >= 0.3 is 0 Å². The van der Waals surface area contributed by atoms with E-state index in [0.717, 1.165) is 23.7 Å². The Bertz CT molecular complexity index is 314. The topological polar surface area (TPSA) is 94.3 Å². The number of thioether (sulfide) groups is 1. The number of furan rings is 1.